The molecule has 4 atom stereocenters. The van der Waals surface area contributed by atoms with Crippen LogP contribution in [0.15, 0.2) is 36.5 Å². The highest BCUT2D eigenvalue weighted by molar-refractivity contribution is 5.69. The van der Waals surface area contributed by atoms with Crippen molar-refractivity contribution >= 4 is 29.8 Å². The fraction of sp³-hybridized carbons (Fsp3) is 0.435. The van der Waals surface area contributed by atoms with Gasteiger partial charge in [-0.15, -0.1) is 5.10 Å². The summed E-state index contributed by atoms with van der Waals surface area (Å²) in [5.74, 6) is -3.97. The van der Waals surface area contributed by atoms with Gasteiger partial charge in [0, 0.05) is 34.6 Å². The van der Waals surface area contributed by atoms with Crippen molar-refractivity contribution in [2.75, 3.05) is 6.61 Å². The zero-order valence-electron chi connectivity index (χ0n) is 20.4. The molecule has 13 nitrogen and oxygen atoms in total. The summed E-state index contributed by atoms with van der Waals surface area (Å²) in [6.45, 7) is 4.93. The third kappa shape index (κ3) is 8.49. The minimum Gasteiger partial charge on any atom is -0.462 e. The van der Waals surface area contributed by atoms with Crippen LogP contribution in [-0.4, -0.2) is 69.8 Å². The number of hydrogen-bond donors (Lipinski definition) is 0. The van der Waals surface area contributed by atoms with E-state index in [1.165, 1.54) is 11.0 Å². The van der Waals surface area contributed by atoms with E-state index in [2.05, 4.69) is 10.2 Å². The van der Waals surface area contributed by atoms with Crippen molar-refractivity contribution in [1.82, 2.24) is 15.0 Å². The second-order valence-electron chi connectivity index (χ2n) is 7.52. The molecule has 0 unspecified atom stereocenters. The summed E-state index contributed by atoms with van der Waals surface area (Å²) < 4.78 is 26.4. The maximum atomic E-state index is 12.1. The molecule has 0 bridgehead atoms. The molecular formula is C23H27N3O10. The van der Waals surface area contributed by atoms with Gasteiger partial charge in [-0.1, -0.05) is 18.2 Å². The fourth-order valence-electron chi connectivity index (χ4n) is 3.21. The highest BCUT2D eigenvalue weighted by Gasteiger charge is 2.45. The Kier molecular flexibility index (Phi) is 10.1. The highest BCUT2D eigenvalue weighted by atomic mass is 16.6. The number of esters is 5. The van der Waals surface area contributed by atoms with Crippen LogP contribution in [0.2, 0.25) is 0 Å². The van der Waals surface area contributed by atoms with E-state index in [1.54, 1.807) is 30.3 Å². The summed E-state index contributed by atoms with van der Waals surface area (Å²) in [7, 11) is 0. The maximum Gasteiger partial charge on any atom is 0.303 e. The van der Waals surface area contributed by atoms with Gasteiger partial charge in [-0.25, -0.2) is 0 Å². The summed E-state index contributed by atoms with van der Waals surface area (Å²) in [6, 6.07) is 8.78. The van der Waals surface area contributed by atoms with E-state index in [0.29, 0.717) is 5.69 Å². The number of para-hydroxylation sites is 1. The molecular weight excluding hydrogens is 478 g/mol. The van der Waals surface area contributed by atoms with E-state index < -0.39 is 60.9 Å². The monoisotopic (exact) mass is 505 g/mol. The molecule has 1 aromatic carbocycles. The van der Waals surface area contributed by atoms with Gasteiger partial charge in [-0.05, 0) is 12.1 Å². The number of aromatic nitrogens is 3. The van der Waals surface area contributed by atoms with Crippen molar-refractivity contribution in [3.05, 3.63) is 42.2 Å². The topological polar surface area (TPSA) is 162 Å². The molecule has 0 aliphatic rings. The van der Waals surface area contributed by atoms with Gasteiger partial charge in [0.05, 0.1) is 11.9 Å². The number of rotatable bonds is 11. The summed E-state index contributed by atoms with van der Waals surface area (Å²) in [5.41, 5.74) is 0.616. The Bertz CT molecular complexity index is 1080. The van der Waals surface area contributed by atoms with Crippen molar-refractivity contribution in [1.29, 1.82) is 0 Å². The smallest absolute Gasteiger partial charge is 0.303 e. The summed E-state index contributed by atoms with van der Waals surface area (Å²) >= 11 is 0. The first-order valence-electron chi connectivity index (χ1n) is 10.8. The normalized spacial score (nSPS) is 13.9. The Labute approximate surface area is 206 Å². The Morgan fingerprint density at radius 3 is 1.83 bits per heavy atom. The molecule has 1 aromatic heterocycles. The maximum absolute atomic E-state index is 12.1. The van der Waals surface area contributed by atoms with Gasteiger partial charge in [-0.2, -0.15) is 9.90 Å². The lowest BCUT2D eigenvalue weighted by atomic mass is 10.00. The van der Waals surface area contributed by atoms with Crippen molar-refractivity contribution in [3.8, 4) is 5.69 Å². The first-order chi connectivity index (χ1) is 17.0. The first kappa shape index (κ1) is 28.0. The predicted octanol–water partition coefficient (Wildman–Crippen LogP) is 1.23. The van der Waals surface area contributed by atoms with Crippen LogP contribution in [0.4, 0.5) is 0 Å². The van der Waals surface area contributed by atoms with Crippen molar-refractivity contribution in [2.45, 2.75) is 59.0 Å². The van der Waals surface area contributed by atoms with Crippen LogP contribution in [0, 0.1) is 0 Å². The van der Waals surface area contributed by atoms with Gasteiger partial charge in [0.15, 0.2) is 24.4 Å². The molecule has 1 heterocycles. The lowest BCUT2D eigenvalue weighted by Gasteiger charge is -2.34. The zero-order valence-corrected chi connectivity index (χ0v) is 20.4. The second-order valence-corrected chi connectivity index (χ2v) is 7.52. The Balaban J connectivity index is 2.60. The fourth-order valence-corrected chi connectivity index (χ4v) is 3.21. The Hall–Kier alpha value is -4.29. The summed E-state index contributed by atoms with van der Waals surface area (Å²) in [4.78, 5) is 60.5. The third-order valence-electron chi connectivity index (χ3n) is 4.44. The van der Waals surface area contributed by atoms with E-state index in [4.69, 9.17) is 23.7 Å². The molecule has 0 aliphatic heterocycles. The van der Waals surface area contributed by atoms with Gasteiger partial charge < -0.3 is 23.7 Å². The molecule has 0 saturated heterocycles. The number of nitrogens with zero attached hydrogens (tertiary/aromatic N) is 3. The minimum absolute atomic E-state index is 0.0338. The van der Waals surface area contributed by atoms with E-state index >= 15 is 0 Å². The molecule has 194 valence electrons. The van der Waals surface area contributed by atoms with Gasteiger partial charge in [0.1, 0.15) is 12.3 Å². The Morgan fingerprint density at radius 1 is 0.750 bits per heavy atom. The van der Waals surface area contributed by atoms with Crippen LogP contribution in [0.25, 0.3) is 5.69 Å². The predicted molar refractivity (Wildman–Crippen MR) is 119 cm³/mol. The largest absolute Gasteiger partial charge is 0.462 e. The molecule has 13 heteroatoms. The molecule has 0 amide bonds. The first-order valence-corrected chi connectivity index (χ1v) is 10.8. The van der Waals surface area contributed by atoms with Crippen molar-refractivity contribution in [2.24, 2.45) is 0 Å². The van der Waals surface area contributed by atoms with Crippen LogP contribution in [0.3, 0.4) is 0 Å². The number of benzene rings is 1. The molecule has 0 fully saturated rings. The lowest BCUT2D eigenvalue weighted by molar-refractivity contribution is -0.203. The van der Waals surface area contributed by atoms with E-state index in [0.717, 1.165) is 34.6 Å². The molecule has 0 spiro atoms. The second kappa shape index (κ2) is 13.0. The standard InChI is InChI=1S/C23H27N3O10/c1-13(27)32-12-20(33-14(2)28)22(35-16(4)30)23(36-17(5)31)21(34-15(3)29)19-11-24-26(25-19)18-9-7-6-8-10-18/h6-11,20-23H,12H2,1-5H3/t20-,21+,22-,23+/m0/s1. The number of ether oxygens (including phenoxy) is 5. The van der Waals surface area contributed by atoms with Crippen LogP contribution < -0.4 is 0 Å². The Morgan fingerprint density at radius 2 is 1.31 bits per heavy atom. The van der Waals surface area contributed by atoms with Gasteiger partial charge in [0.25, 0.3) is 0 Å². The molecule has 2 rings (SSSR count). The van der Waals surface area contributed by atoms with Crippen LogP contribution in [0.1, 0.15) is 46.4 Å². The van der Waals surface area contributed by atoms with Gasteiger partial charge >= 0.3 is 29.8 Å². The molecule has 0 aliphatic carbocycles. The average Bonchev–Trinajstić information content (AvgIpc) is 3.27. The summed E-state index contributed by atoms with van der Waals surface area (Å²) in [5, 5.41) is 8.48. The quantitative estimate of drug-likeness (QED) is 0.317. The van der Waals surface area contributed by atoms with E-state index in [1.807, 2.05) is 0 Å². The van der Waals surface area contributed by atoms with Crippen LogP contribution in [-0.2, 0) is 47.7 Å². The van der Waals surface area contributed by atoms with Gasteiger partial charge in [0.2, 0.25) is 0 Å². The number of hydrogen-bond acceptors (Lipinski definition) is 12. The molecule has 36 heavy (non-hydrogen) atoms. The lowest BCUT2D eigenvalue weighted by Crippen LogP contribution is -2.50. The highest BCUT2D eigenvalue weighted by Crippen LogP contribution is 2.29. The number of carbonyl (C=O) groups is 5. The minimum atomic E-state index is -1.57. The van der Waals surface area contributed by atoms with Crippen molar-refractivity contribution < 1.29 is 47.7 Å². The zero-order chi connectivity index (χ0) is 26.8. The third-order valence-corrected chi connectivity index (χ3v) is 4.44. The SMILES string of the molecule is CC(=O)OC[C@H](OC(C)=O)[C@H](OC(C)=O)[C@H](OC(C)=O)[C@H](OC(C)=O)c1cnn(-c2ccccc2)n1. The van der Waals surface area contributed by atoms with Crippen LogP contribution >= 0.6 is 0 Å². The average molecular weight is 505 g/mol. The van der Waals surface area contributed by atoms with E-state index in [9.17, 15) is 24.0 Å². The van der Waals surface area contributed by atoms with Crippen LogP contribution in [0.5, 0.6) is 0 Å². The summed E-state index contributed by atoms with van der Waals surface area (Å²) in [6.07, 6.45) is -4.75. The van der Waals surface area contributed by atoms with Gasteiger partial charge in [-0.3, -0.25) is 24.0 Å². The molecule has 0 radical (unpaired) electrons. The number of carbonyl (C=O) groups excluding carboxylic acids is 5. The molecule has 0 saturated carbocycles. The molecule has 2 aromatic rings. The van der Waals surface area contributed by atoms with E-state index in [-0.39, 0.29) is 5.69 Å². The molecule has 0 N–H and O–H groups in total. The van der Waals surface area contributed by atoms with Crippen molar-refractivity contribution in [3.63, 3.8) is 0 Å².